The van der Waals surface area contributed by atoms with E-state index >= 15 is 0 Å². The van der Waals surface area contributed by atoms with E-state index in [-0.39, 0.29) is 24.3 Å². The van der Waals surface area contributed by atoms with Crippen LogP contribution in [-0.2, 0) is 16.1 Å². The third kappa shape index (κ3) is 5.82. The molecule has 3 rings (SSSR count). The maximum Gasteiger partial charge on any atom is 0.417 e. The first-order valence-electron chi connectivity index (χ1n) is 9.70. The lowest BCUT2D eigenvalue weighted by Gasteiger charge is -2.36. The lowest BCUT2D eigenvalue weighted by Crippen LogP contribution is -2.45. The largest absolute Gasteiger partial charge is 0.417 e. The van der Waals surface area contributed by atoms with Crippen molar-refractivity contribution in [2.45, 2.75) is 38.8 Å². The second kappa shape index (κ2) is 9.30. The number of aromatic nitrogens is 1. The molecule has 5 nitrogen and oxygen atoms in total. The molecule has 1 aliphatic heterocycles. The zero-order chi connectivity index (χ0) is 21.7. The van der Waals surface area contributed by atoms with E-state index in [9.17, 15) is 18.0 Å². The summed E-state index contributed by atoms with van der Waals surface area (Å²) in [4.78, 5) is 18.6. The lowest BCUT2D eigenvalue weighted by atomic mass is 10.1. The van der Waals surface area contributed by atoms with E-state index in [4.69, 9.17) is 4.74 Å². The average molecular weight is 419 g/mol. The van der Waals surface area contributed by atoms with Crippen molar-refractivity contribution in [1.29, 1.82) is 0 Å². The van der Waals surface area contributed by atoms with E-state index in [1.807, 2.05) is 19.9 Å². The van der Waals surface area contributed by atoms with E-state index in [2.05, 4.69) is 15.2 Å². The van der Waals surface area contributed by atoms with Gasteiger partial charge in [0, 0.05) is 31.9 Å². The summed E-state index contributed by atoms with van der Waals surface area (Å²) < 4.78 is 45.7. The van der Waals surface area contributed by atoms with Gasteiger partial charge >= 0.3 is 6.18 Å². The van der Waals surface area contributed by atoms with Gasteiger partial charge < -0.3 is 15.0 Å². The summed E-state index contributed by atoms with van der Waals surface area (Å²) in [7, 11) is 0. The van der Waals surface area contributed by atoms with Gasteiger partial charge in [-0.25, -0.2) is 4.98 Å². The molecular weight excluding hydrogens is 395 g/mol. The molecule has 8 heteroatoms. The van der Waals surface area contributed by atoms with Crippen molar-refractivity contribution in [1.82, 2.24) is 10.3 Å². The molecule has 1 saturated heterocycles. The van der Waals surface area contributed by atoms with Crippen molar-refractivity contribution < 1.29 is 22.7 Å². The molecule has 1 aromatic carbocycles. The van der Waals surface area contributed by atoms with E-state index < -0.39 is 17.7 Å². The van der Waals surface area contributed by atoms with Crippen LogP contribution in [0.1, 0.15) is 25.0 Å². The molecule has 2 aromatic rings. The number of carbonyl (C=O) groups excluding carboxylic acids is 1. The van der Waals surface area contributed by atoms with Crippen LogP contribution in [-0.4, -0.2) is 42.4 Å². The van der Waals surface area contributed by atoms with Crippen LogP contribution in [0.4, 0.5) is 19.0 Å². The monoisotopic (exact) mass is 419 g/mol. The summed E-state index contributed by atoms with van der Waals surface area (Å²) >= 11 is 0. The maximum absolute atomic E-state index is 13.3. The predicted octanol–water partition coefficient (Wildman–Crippen LogP) is 3.96. The van der Waals surface area contributed by atoms with Crippen LogP contribution >= 0.6 is 0 Å². The number of allylic oxidation sites excluding steroid dienone is 1. The van der Waals surface area contributed by atoms with Crippen LogP contribution in [0.5, 0.6) is 0 Å². The SMILES string of the molecule is CC1CN(c2ccc(CNC(=O)/C=C(/c3ccccc3)C(F)(F)F)cn2)CC(C)O1. The quantitative estimate of drug-likeness (QED) is 0.746. The number of halogens is 3. The van der Waals surface area contributed by atoms with Crippen molar-refractivity contribution in [2.24, 2.45) is 0 Å². The fourth-order valence-corrected chi connectivity index (χ4v) is 3.39. The Morgan fingerprint density at radius 1 is 1.17 bits per heavy atom. The number of amides is 1. The molecule has 2 heterocycles. The molecule has 160 valence electrons. The molecule has 30 heavy (non-hydrogen) atoms. The Morgan fingerprint density at radius 3 is 2.40 bits per heavy atom. The van der Waals surface area contributed by atoms with Crippen LogP contribution < -0.4 is 10.2 Å². The number of hydrogen-bond acceptors (Lipinski definition) is 4. The normalized spacial score (nSPS) is 20.2. The first-order valence-corrected chi connectivity index (χ1v) is 9.70. The number of nitrogens with one attached hydrogen (secondary N) is 1. The highest BCUT2D eigenvalue weighted by molar-refractivity contribution is 5.96. The molecule has 0 saturated carbocycles. The Bertz CT molecular complexity index is 873. The number of benzene rings is 1. The minimum absolute atomic E-state index is 0.0554. The van der Waals surface area contributed by atoms with Gasteiger partial charge in [0.1, 0.15) is 5.82 Å². The average Bonchev–Trinajstić information content (AvgIpc) is 2.70. The first kappa shape index (κ1) is 21.8. The third-order valence-electron chi connectivity index (χ3n) is 4.69. The molecule has 0 aliphatic carbocycles. The van der Waals surface area contributed by atoms with E-state index in [1.54, 1.807) is 18.3 Å². The molecule has 2 unspecified atom stereocenters. The van der Waals surface area contributed by atoms with Gasteiger partial charge in [0.15, 0.2) is 0 Å². The zero-order valence-electron chi connectivity index (χ0n) is 16.8. The first-order chi connectivity index (χ1) is 14.2. The molecule has 0 bridgehead atoms. The Balaban J connectivity index is 1.63. The molecule has 1 fully saturated rings. The molecule has 0 spiro atoms. The summed E-state index contributed by atoms with van der Waals surface area (Å²) in [5.41, 5.74) is -0.340. The lowest BCUT2D eigenvalue weighted by molar-refractivity contribution is -0.117. The summed E-state index contributed by atoms with van der Waals surface area (Å²) in [6.45, 7) is 5.56. The summed E-state index contributed by atoms with van der Waals surface area (Å²) in [6, 6.07) is 10.9. The van der Waals surface area contributed by atoms with Crippen LogP contribution in [0.25, 0.3) is 5.57 Å². The minimum atomic E-state index is -4.63. The van der Waals surface area contributed by atoms with Crippen LogP contribution in [0, 0.1) is 0 Å². The van der Waals surface area contributed by atoms with Gasteiger partial charge in [-0.15, -0.1) is 0 Å². The second-order valence-electron chi connectivity index (χ2n) is 7.33. The zero-order valence-corrected chi connectivity index (χ0v) is 16.8. The van der Waals surface area contributed by atoms with Gasteiger partial charge in [0.05, 0.1) is 17.8 Å². The summed E-state index contributed by atoms with van der Waals surface area (Å²) in [6.07, 6.45) is -2.21. The Kier molecular flexibility index (Phi) is 6.77. The molecule has 0 radical (unpaired) electrons. The number of pyridine rings is 1. The fourth-order valence-electron chi connectivity index (χ4n) is 3.39. The third-order valence-corrected chi connectivity index (χ3v) is 4.69. The van der Waals surface area contributed by atoms with Crippen LogP contribution in [0.3, 0.4) is 0 Å². The van der Waals surface area contributed by atoms with Gasteiger partial charge in [-0.1, -0.05) is 36.4 Å². The highest BCUT2D eigenvalue weighted by Gasteiger charge is 2.35. The maximum atomic E-state index is 13.3. The van der Waals surface area contributed by atoms with Crippen molar-refractivity contribution in [3.05, 3.63) is 65.9 Å². The molecule has 1 aliphatic rings. The molecule has 1 N–H and O–H groups in total. The standard InChI is InChI=1S/C22H24F3N3O2/c1-15-13-28(14-16(2)30-15)20-9-8-17(11-26-20)12-27-21(29)10-19(22(23,24)25)18-6-4-3-5-7-18/h3-11,15-16H,12-14H2,1-2H3,(H,27,29)/b19-10-. The Labute approximate surface area is 173 Å². The molecular formula is C22H24F3N3O2. The number of anilines is 1. The number of hydrogen-bond donors (Lipinski definition) is 1. The minimum Gasteiger partial charge on any atom is -0.372 e. The van der Waals surface area contributed by atoms with E-state index in [0.29, 0.717) is 11.6 Å². The second-order valence-corrected chi connectivity index (χ2v) is 7.33. The smallest absolute Gasteiger partial charge is 0.372 e. The van der Waals surface area contributed by atoms with Gasteiger partial charge in [-0.3, -0.25) is 4.79 Å². The number of ether oxygens (including phenoxy) is 1. The van der Waals surface area contributed by atoms with Crippen LogP contribution in [0.2, 0.25) is 0 Å². The highest BCUT2D eigenvalue weighted by atomic mass is 19.4. The topological polar surface area (TPSA) is 54.5 Å². The number of rotatable bonds is 5. The van der Waals surface area contributed by atoms with Crippen molar-refractivity contribution in [3.63, 3.8) is 0 Å². The highest BCUT2D eigenvalue weighted by Crippen LogP contribution is 2.33. The van der Waals surface area contributed by atoms with Crippen molar-refractivity contribution in [2.75, 3.05) is 18.0 Å². The van der Waals surface area contributed by atoms with Gasteiger partial charge in [-0.05, 0) is 31.0 Å². The van der Waals surface area contributed by atoms with Crippen molar-refractivity contribution >= 4 is 17.3 Å². The predicted molar refractivity (Wildman–Crippen MR) is 109 cm³/mol. The Hall–Kier alpha value is -2.87. The number of morpholine rings is 1. The van der Waals surface area contributed by atoms with Gasteiger partial charge in [0.25, 0.3) is 0 Å². The fraction of sp³-hybridized carbons (Fsp3) is 0.364. The van der Waals surface area contributed by atoms with E-state index in [1.165, 1.54) is 24.3 Å². The van der Waals surface area contributed by atoms with Gasteiger partial charge in [-0.2, -0.15) is 13.2 Å². The van der Waals surface area contributed by atoms with E-state index in [0.717, 1.165) is 18.9 Å². The molecule has 1 amide bonds. The number of nitrogens with zero attached hydrogens (tertiary/aromatic N) is 2. The molecule has 2 atom stereocenters. The summed E-state index contributed by atoms with van der Waals surface area (Å²) in [5.74, 6) is -0.0125. The molecule has 1 aromatic heterocycles. The number of carbonyl (C=O) groups is 1. The van der Waals surface area contributed by atoms with Crippen molar-refractivity contribution in [3.8, 4) is 0 Å². The van der Waals surface area contributed by atoms with Crippen LogP contribution in [0.15, 0.2) is 54.7 Å². The summed E-state index contributed by atoms with van der Waals surface area (Å²) in [5, 5.41) is 2.50. The number of alkyl halides is 3. The Morgan fingerprint density at radius 2 is 1.83 bits per heavy atom. The van der Waals surface area contributed by atoms with Gasteiger partial charge in [0.2, 0.25) is 5.91 Å².